The van der Waals surface area contributed by atoms with E-state index in [2.05, 4.69) is 43.5 Å². The molecule has 2 aromatic rings. The zero-order valence-electron chi connectivity index (χ0n) is 10.7. The number of halogens is 3. The summed E-state index contributed by atoms with van der Waals surface area (Å²) in [6.45, 7) is 0. The second-order valence-electron chi connectivity index (χ2n) is 5.03. The maximum absolute atomic E-state index is 6.31. The summed E-state index contributed by atoms with van der Waals surface area (Å²) in [5.41, 5.74) is 2.13. The molecule has 0 aliphatic heterocycles. The molecule has 1 saturated carbocycles. The van der Waals surface area contributed by atoms with E-state index in [9.17, 15) is 0 Å². The van der Waals surface area contributed by atoms with Crippen LogP contribution in [0, 0.1) is 3.57 Å². The van der Waals surface area contributed by atoms with Crippen LogP contribution in [0.1, 0.15) is 37.3 Å². The summed E-state index contributed by atoms with van der Waals surface area (Å²) < 4.78 is 2.06. The number of hydrogen-bond donors (Lipinski definition) is 0. The van der Waals surface area contributed by atoms with E-state index in [0.29, 0.717) is 11.1 Å². The van der Waals surface area contributed by atoms with E-state index >= 15 is 0 Å². The summed E-state index contributed by atoms with van der Waals surface area (Å²) in [4.78, 5) is 9.23. The molecule has 3 rings (SSSR count). The first-order chi connectivity index (χ1) is 9.65. The first-order valence-electron chi connectivity index (χ1n) is 6.64. The van der Waals surface area contributed by atoms with Crippen LogP contribution in [-0.2, 0) is 0 Å². The number of aromatic nitrogens is 2. The Morgan fingerprint density at radius 3 is 2.40 bits per heavy atom. The van der Waals surface area contributed by atoms with Crippen molar-refractivity contribution in [2.45, 2.75) is 31.6 Å². The van der Waals surface area contributed by atoms with Gasteiger partial charge in [0.15, 0.2) is 5.82 Å². The third-order valence-electron chi connectivity index (χ3n) is 3.68. The van der Waals surface area contributed by atoms with Crippen LogP contribution in [0.15, 0.2) is 28.7 Å². The van der Waals surface area contributed by atoms with Gasteiger partial charge in [-0.05, 0) is 47.6 Å². The number of rotatable bonds is 2. The standard InChI is InChI=1S/C15H13BrClIN2/c16-11-7-5-10(6-8-11)15-19-13(9-3-1-2-4-9)12(18)14(17)20-15/h5-9H,1-4H2. The molecule has 5 heteroatoms. The molecule has 104 valence electrons. The number of hydrogen-bond acceptors (Lipinski definition) is 2. The van der Waals surface area contributed by atoms with Gasteiger partial charge >= 0.3 is 0 Å². The molecule has 0 unspecified atom stereocenters. The molecule has 1 fully saturated rings. The van der Waals surface area contributed by atoms with Crippen molar-refractivity contribution < 1.29 is 0 Å². The zero-order valence-corrected chi connectivity index (χ0v) is 15.2. The van der Waals surface area contributed by atoms with Crippen molar-refractivity contribution in [1.29, 1.82) is 0 Å². The highest BCUT2D eigenvalue weighted by Crippen LogP contribution is 2.37. The van der Waals surface area contributed by atoms with E-state index in [-0.39, 0.29) is 0 Å². The highest BCUT2D eigenvalue weighted by Gasteiger charge is 2.23. The average Bonchev–Trinajstić information content (AvgIpc) is 2.96. The van der Waals surface area contributed by atoms with E-state index in [0.717, 1.165) is 25.1 Å². The summed E-state index contributed by atoms with van der Waals surface area (Å²) in [6, 6.07) is 8.03. The maximum atomic E-state index is 6.31. The fraction of sp³-hybridized carbons (Fsp3) is 0.333. The molecule has 1 aliphatic rings. The van der Waals surface area contributed by atoms with Crippen LogP contribution in [0.4, 0.5) is 0 Å². The van der Waals surface area contributed by atoms with Crippen LogP contribution >= 0.6 is 50.1 Å². The Balaban J connectivity index is 2.05. The Labute approximate surface area is 145 Å². The van der Waals surface area contributed by atoms with E-state index < -0.39 is 0 Å². The summed E-state index contributed by atoms with van der Waals surface area (Å²) >= 11 is 12.0. The van der Waals surface area contributed by atoms with Crippen molar-refractivity contribution in [3.05, 3.63) is 43.2 Å². The van der Waals surface area contributed by atoms with Crippen LogP contribution in [0.5, 0.6) is 0 Å². The second-order valence-corrected chi connectivity index (χ2v) is 7.38. The molecule has 0 amide bonds. The Bertz CT molecular complexity index is 625. The average molecular weight is 464 g/mol. The molecule has 1 aromatic carbocycles. The minimum Gasteiger partial charge on any atom is -0.232 e. The molecule has 1 aliphatic carbocycles. The summed E-state index contributed by atoms with van der Waals surface area (Å²) in [7, 11) is 0. The highest BCUT2D eigenvalue weighted by atomic mass is 127. The van der Waals surface area contributed by atoms with Crippen molar-refractivity contribution in [3.63, 3.8) is 0 Å². The molecule has 0 saturated heterocycles. The lowest BCUT2D eigenvalue weighted by Crippen LogP contribution is -2.04. The Morgan fingerprint density at radius 2 is 1.75 bits per heavy atom. The minimum atomic E-state index is 0.539. The molecule has 20 heavy (non-hydrogen) atoms. The van der Waals surface area contributed by atoms with Gasteiger partial charge in [-0.15, -0.1) is 0 Å². The van der Waals surface area contributed by atoms with Crippen molar-refractivity contribution >= 4 is 50.1 Å². The Morgan fingerprint density at radius 1 is 1.10 bits per heavy atom. The van der Waals surface area contributed by atoms with E-state index in [4.69, 9.17) is 16.6 Å². The minimum absolute atomic E-state index is 0.539. The van der Waals surface area contributed by atoms with Crippen molar-refractivity contribution in [2.75, 3.05) is 0 Å². The monoisotopic (exact) mass is 462 g/mol. The predicted octanol–water partition coefficient (Wildman–Crippen LogP) is 5.82. The zero-order chi connectivity index (χ0) is 14.1. The highest BCUT2D eigenvalue weighted by molar-refractivity contribution is 14.1. The largest absolute Gasteiger partial charge is 0.232 e. The topological polar surface area (TPSA) is 25.8 Å². The van der Waals surface area contributed by atoms with E-state index in [1.807, 2.05) is 24.3 Å². The van der Waals surface area contributed by atoms with Crippen molar-refractivity contribution in [3.8, 4) is 11.4 Å². The molecular formula is C15H13BrClIN2. The normalized spacial score (nSPS) is 15.8. The molecule has 1 heterocycles. The molecule has 0 bridgehead atoms. The molecule has 2 nitrogen and oxygen atoms in total. The molecular weight excluding hydrogens is 450 g/mol. The molecule has 0 radical (unpaired) electrons. The summed E-state index contributed by atoms with van der Waals surface area (Å²) in [5.74, 6) is 1.27. The van der Waals surface area contributed by atoms with Crippen LogP contribution < -0.4 is 0 Å². The summed E-state index contributed by atoms with van der Waals surface area (Å²) in [6.07, 6.45) is 5.00. The fourth-order valence-corrected chi connectivity index (χ4v) is 3.76. The molecule has 0 atom stereocenters. The molecule has 0 N–H and O–H groups in total. The number of benzene rings is 1. The Hall–Kier alpha value is -0.200. The molecule has 1 aromatic heterocycles. The first-order valence-corrected chi connectivity index (χ1v) is 8.89. The fourth-order valence-electron chi connectivity index (χ4n) is 2.63. The Kier molecular flexibility index (Phi) is 4.62. The van der Waals surface area contributed by atoms with Gasteiger partial charge in [-0.3, -0.25) is 0 Å². The number of nitrogens with zero attached hydrogens (tertiary/aromatic N) is 2. The lowest BCUT2D eigenvalue weighted by Gasteiger charge is -2.13. The molecule has 0 spiro atoms. The van der Waals surface area contributed by atoms with E-state index in [1.54, 1.807) is 0 Å². The van der Waals surface area contributed by atoms with Gasteiger partial charge in [0, 0.05) is 16.0 Å². The van der Waals surface area contributed by atoms with Gasteiger partial charge in [0.1, 0.15) is 5.15 Å². The van der Waals surface area contributed by atoms with Gasteiger partial charge in [-0.25, -0.2) is 9.97 Å². The van der Waals surface area contributed by atoms with E-state index in [1.165, 1.54) is 25.7 Å². The SMILES string of the molecule is Clc1nc(-c2ccc(Br)cc2)nc(C2CCCC2)c1I. The maximum Gasteiger partial charge on any atom is 0.161 e. The van der Waals surface area contributed by atoms with Gasteiger partial charge in [0.2, 0.25) is 0 Å². The lowest BCUT2D eigenvalue weighted by atomic mass is 10.0. The van der Waals surface area contributed by atoms with Gasteiger partial charge < -0.3 is 0 Å². The van der Waals surface area contributed by atoms with Gasteiger partial charge in [-0.2, -0.15) is 0 Å². The van der Waals surface area contributed by atoms with Crippen LogP contribution in [-0.4, -0.2) is 9.97 Å². The third-order valence-corrected chi connectivity index (χ3v) is 5.87. The van der Waals surface area contributed by atoms with Gasteiger partial charge in [0.25, 0.3) is 0 Å². The van der Waals surface area contributed by atoms with Crippen molar-refractivity contribution in [2.24, 2.45) is 0 Å². The summed E-state index contributed by atoms with van der Waals surface area (Å²) in [5, 5.41) is 0.570. The lowest BCUT2D eigenvalue weighted by molar-refractivity contribution is 0.690. The quantitative estimate of drug-likeness (QED) is 0.414. The van der Waals surface area contributed by atoms with Crippen LogP contribution in [0.3, 0.4) is 0 Å². The van der Waals surface area contributed by atoms with Crippen LogP contribution in [0.25, 0.3) is 11.4 Å². The predicted molar refractivity (Wildman–Crippen MR) is 94.1 cm³/mol. The van der Waals surface area contributed by atoms with Crippen molar-refractivity contribution in [1.82, 2.24) is 9.97 Å². The smallest absolute Gasteiger partial charge is 0.161 e. The third kappa shape index (κ3) is 3.02. The second kappa shape index (κ2) is 6.28. The van der Waals surface area contributed by atoms with Crippen LogP contribution in [0.2, 0.25) is 5.15 Å². The van der Waals surface area contributed by atoms with Gasteiger partial charge in [0.05, 0.1) is 9.26 Å². The van der Waals surface area contributed by atoms with Gasteiger partial charge in [-0.1, -0.05) is 52.5 Å². The first kappa shape index (κ1) is 14.7.